The third kappa shape index (κ3) is 5.36. The standard InChI is InChI=1S/C25H27N3O4/c1-31-21-8-6-19(7-9-21)25(30)26-12-13-27-14-16-28(17-15-27)24(29)11-10-22-18-20-4-2-3-5-23(20)32-22/h2-11,18H,12-17H2,1H3,(H,26,30)/b11-10+. The van der Waals surface area contributed by atoms with Gasteiger partial charge in [-0.15, -0.1) is 0 Å². The van der Waals surface area contributed by atoms with E-state index < -0.39 is 0 Å². The van der Waals surface area contributed by atoms with Crippen LogP contribution in [0.25, 0.3) is 17.0 Å². The molecule has 0 bridgehead atoms. The van der Waals surface area contributed by atoms with E-state index in [0.29, 0.717) is 31.0 Å². The molecular formula is C25H27N3O4. The molecule has 166 valence electrons. The average Bonchev–Trinajstić information content (AvgIpc) is 3.26. The molecule has 2 heterocycles. The third-order valence-corrected chi connectivity index (χ3v) is 5.58. The van der Waals surface area contributed by atoms with Gasteiger partial charge in [-0.1, -0.05) is 18.2 Å². The molecule has 1 N–H and O–H groups in total. The van der Waals surface area contributed by atoms with Gasteiger partial charge in [0.25, 0.3) is 5.91 Å². The second-order valence-corrected chi connectivity index (χ2v) is 7.67. The summed E-state index contributed by atoms with van der Waals surface area (Å²) in [5.41, 5.74) is 1.42. The van der Waals surface area contributed by atoms with Crippen LogP contribution >= 0.6 is 0 Å². The Morgan fingerprint density at radius 1 is 1.06 bits per heavy atom. The van der Waals surface area contributed by atoms with Gasteiger partial charge < -0.3 is 19.4 Å². The van der Waals surface area contributed by atoms with E-state index in [-0.39, 0.29) is 11.8 Å². The number of methoxy groups -OCH3 is 1. The number of rotatable bonds is 7. The van der Waals surface area contributed by atoms with Crippen LogP contribution in [-0.2, 0) is 4.79 Å². The summed E-state index contributed by atoms with van der Waals surface area (Å²) < 4.78 is 10.8. The zero-order valence-corrected chi connectivity index (χ0v) is 18.1. The van der Waals surface area contributed by atoms with E-state index in [1.54, 1.807) is 43.5 Å². The van der Waals surface area contributed by atoms with Crippen molar-refractivity contribution < 1.29 is 18.7 Å². The van der Waals surface area contributed by atoms with Gasteiger partial charge in [-0.3, -0.25) is 14.5 Å². The molecule has 1 aliphatic rings. The number of carbonyl (C=O) groups is 2. The highest BCUT2D eigenvalue weighted by atomic mass is 16.5. The molecule has 0 saturated carbocycles. The Morgan fingerprint density at radius 2 is 1.81 bits per heavy atom. The quantitative estimate of drug-likeness (QED) is 0.580. The first-order valence-corrected chi connectivity index (χ1v) is 10.7. The molecule has 0 spiro atoms. The minimum absolute atomic E-state index is 0.0158. The number of hydrogen-bond acceptors (Lipinski definition) is 5. The van der Waals surface area contributed by atoms with E-state index >= 15 is 0 Å². The molecule has 0 aliphatic carbocycles. The van der Waals surface area contributed by atoms with Crippen molar-refractivity contribution in [3.8, 4) is 5.75 Å². The predicted octanol–water partition coefficient (Wildman–Crippen LogP) is 3.03. The van der Waals surface area contributed by atoms with Gasteiger partial charge in [0.1, 0.15) is 17.1 Å². The number of hydrogen-bond donors (Lipinski definition) is 1. The lowest BCUT2D eigenvalue weighted by Gasteiger charge is -2.34. The van der Waals surface area contributed by atoms with Gasteiger partial charge in [-0.25, -0.2) is 0 Å². The zero-order chi connectivity index (χ0) is 22.3. The van der Waals surface area contributed by atoms with Crippen LogP contribution in [0.4, 0.5) is 0 Å². The van der Waals surface area contributed by atoms with E-state index in [4.69, 9.17) is 9.15 Å². The van der Waals surface area contributed by atoms with Gasteiger partial charge in [-0.05, 0) is 42.5 Å². The summed E-state index contributed by atoms with van der Waals surface area (Å²) in [5, 5.41) is 3.96. The van der Waals surface area contributed by atoms with E-state index in [2.05, 4.69) is 10.2 Å². The molecule has 1 aromatic heterocycles. The Kier molecular flexibility index (Phi) is 6.87. The second kappa shape index (κ2) is 10.2. The van der Waals surface area contributed by atoms with Crippen molar-refractivity contribution >= 4 is 28.9 Å². The summed E-state index contributed by atoms with van der Waals surface area (Å²) in [7, 11) is 1.60. The first kappa shape index (κ1) is 21.6. The smallest absolute Gasteiger partial charge is 0.251 e. The lowest BCUT2D eigenvalue weighted by molar-refractivity contribution is -0.127. The van der Waals surface area contributed by atoms with Crippen molar-refractivity contribution in [3.63, 3.8) is 0 Å². The molecule has 1 saturated heterocycles. The highest BCUT2D eigenvalue weighted by Crippen LogP contribution is 2.19. The van der Waals surface area contributed by atoms with Crippen LogP contribution in [0.3, 0.4) is 0 Å². The first-order chi connectivity index (χ1) is 15.6. The van der Waals surface area contributed by atoms with Crippen LogP contribution < -0.4 is 10.1 Å². The topological polar surface area (TPSA) is 75.0 Å². The van der Waals surface area contributed by atoms with Crippen molar-refractivity contribution in [1.82, 2.24) is 15.1 Å². The molecule has 7 nitrogen and oxygen atoms in total. The summed E-state index contributed by atoms with van der Waals surface area (Å²) in [5.74, 6) is 1.28. The van der Waals surface area contributed by atoms with Crippen molar-refractivity contribution in [2.45, 2.75) is 0 Å². The number of piperazine rings is 1. The van der Waals surface area contributed by atoms with Gasteiger partial charge in [0, 0.05) is 56.3 Å². The van der Waals surface area contributed by atoms with E-state index in [1.165, 1.54) is 0 Å². The Labute approximate surface area is 187 Å². The number of furan rings is 1. The summed E-state index contributed by atoms with van der Waals surface area (Å²) in [6, 6.07) is 16.7. The summed E-state index contributed by atoms with van der Waals surface area (Å²) in [6.45, 7) is 4.19. The van der Waals surface area contributed by atoms with Gasteiger partial charge >= 0.3 is 0 Å². The highest BCUT2D eigenvalue weighted by molar-refractivity contribution is 5.94. The van der Waals surface area contributed by atoms with Crippen molar-refractivity contribution in [2.75, 3.05) is 46.4 Å². The Balaban J connectivity index is 1.19. The van der Waals surface area contributed by atoms with Crippen LogP contribution in [0.15, 0.2) is 65.1 Å². The normalized spacial score (nSPS) is 14.7. The van der Waals surface area contributed by atoms with E-state index in [1.807, 2.05) is 35.2 Å². The van der Waals surface area contributed by atoms with Gasteiger partial charge in [0.2, 0.25) is 5.91 Å². The molecule has 1 aliphatic heterocycles. The van der Waals surface area contributed by atoms with Gasteiger partial charge in [0.05, 0.1) is 7.11 Å². The molecule has 1 fully saturated rings. The summed E-state index contributed by atoms with van der Waals surface area (Å²) in [6.07, 6.45) is 3.30. The maximum absolute atomic E-state index is 12.5. The summed E-state index contributed by atoms with van der Waals surface area (Å²) >= 11 is 0. The number of nitrogens with one attached hydrogen (secondary N) is 1. The number of benzene rings is 2. The summed E-state index contributed by atoms with van der Waals surface area (Å²) in [4.78, 5) is 28.8. The molecule has 32 heavy (non-hydrogen) atoms. The fourth-order valence-corrected chi connectivity index (χ4v) is 3.71. The molecule has 2 aromatic carbocycles. The molecule has 7 heteroatoms. The third-order valence-electron chi connectivity index (χ3n) is 5.58. The van der Waals surface area contributed by atoms with Crippen LogP contribution in [-0.4, -0.2) is 68.0 Å². The number of para-hydroxylation sites is 1. The number of carbonyl (C=O) groups excluding carboxylic acids is 2. The molecular weight excluding hydrogens is 406 g/mol. The molecule has 0 atom stereocenters. The van der Waals surface area contributed by atoms with Crippen molar-refractivity contribution in [2.24, 2.45) is 0 Å². The highest BCUT2D eigenvalue weighted by Gasteiger charge is 2.19. The Morgan fingerprint density at radius 3 is 2.53 bits per heavy atom. The molecule has 3 aromatic rings. The van der Waals surface area contributed by atoms with E-state index in [0.717, 1.165) is 36.4 Å². The number of nitrogens with zero attached hydrogens (tertiary/aromatic N) is 2. The van der Waals surface area contributed by atoms with Crippen molar-refractivity contribution in [1.29, 1.82) is 0 Å². The van der Waals surface area contributed by atoms with Crippen molar-refractivity contribution in [3.05, 3.63) is 72.0 Å². The number of ether oxygens (including phenoxy) is 1. The fraction of sp³-hybridized carbons (Fsp3) is 0.280. The lowest BCUT2D eigenvalue weighted by atomic mass is 10.2. The SMILES string of the molecule is COc1ccc(C(=O)NCCN2CCN(C(=O)/C=C/c3cc4ccccc4o3)CC2)cc1. The van der Waals surface area contributed by atoms with Crippen LogP contribution in [0.1, 0.15) is 16.1 Å². The van der Waals surface area contributed by atoms with Crippen LogP contribution in [0.2, 0.25) is 0 Å². The van der Waals surface area contributed by atoms with Gasteiger partial charge in [-0.2, -0.15) is 0 Å². The number of fused-ring (bicyclic) bond motifs is 1. The average molecular weight is 434 g/mol. The minimum atomic E-state index is -0.0998. The Hall–Kier alpha value is -3.58. The minimum Gasteiger partial charge on any atom is -0.497 e. The maximum Gasteiger partial charge on any atom is 0.251 e. The van der Waals surface area contributed by atoms with E-state index in [9.17, 15) is 9.59 Å². The Bertz CT molecular complexity index is 1060. The largest absolute Gasteiger partial charge is 0.497 e. The fourth-order valence-electron chi connectivity index (χ4n) is 3.71. The maximum atomic E-state index is 12.5. The monoisotopic (exact) mass is 433 g/mol. The molecule has 2 amide bonds. The zero-order valence-electron chi connectivity index (χ0n) is 18.1. The molecule has 0 radical (unpaired) electrons. The first-order valence-electron chi connectivity index (χ1n) is 10.7. The predicted molar refractivity (Wildman–Crippen MR) is 124 cm³/mol. The van der Waals surface area contributed by atoms with Crippen LogP contribution in [0.5, 0.6) is 5.75 Å². The second-order valence-electron chi connectivity index (χ2n) is 7.67. The van der Waals surface area contributed by atoms with Gasteiger partial charge in [0.15, 0.2) is 0 Å². The lowest BCUT2D eigenvalue weighted by Crippen LogP contribution is -2.49. The van der Waals surface area contributed by atoms with Crippen LogP contribution in [0, 0.1) is 0 Å². The number of amides is 2. The molecule has 4 rings (SSSR count). The molecule has 0 unspecified atom stereocenters.